The third kappa shape index (κ3) is 4.68. The van der Waals surface area contributed by atoms with Crippen LogP contribution < -0.4 is 0 Å². The summed E-state index contributed by atoms with van der Waals surface area (Å²) in [5.41, 5.74) is 12.0. The van der Waals surface area contributed by atoms with E-state index in [4.69, 9.17) is 13.1 Å². The van der Waals surface area contributed by atoms with E-state index < -0.39 is 0 Å². The SMILES string of the molecule is [C-]#[N+]c1ccc2c(c1)c1ccccc1n2-c1ccc(-c2cc(-n3c4ccccc4c4ccc(-n5c6ccccc6c6ccccc65)cc43)ccc2[N+]#[C-])c(C#N)c1. The van der Waals surface area contributed by atoms with E-state index in [2.05, 4.69) is 139 Å². The summed E-state index contributed by atoms with van der Waals surface area (Å²) < 4.78 is 6.75. The van der Waals surface area contributed by atoms with E-state index in [0.29, 0.717) is 28.1 Å². The highest BCUT2D eigenvalue weighted by molar-refractivity contribution is 6.13. The highest BCUT2D eigenvalue weighted by Gasteiger charge is 2.20. The minimum Gasteiger partial charge on any atom is -0.309 e. The van der Waals surface area contributed by atoms with Crippen LogP contribution in [0.2, 0.25) is 0 Å². The van der Waals surface area contributed by atoms with Gasteiger partial charge >= 0.3 is 0 Å². The zero-order valence-corrected chi connectivity index (χ0v) is 30.3. The Morgan fingerprint density at radius 3 is 1.44 bits per heavy atom. The molecule has 0 fully saturated rings. The van der Waals surface area contributed by atoms with Crippen LogP contribution in [0, 0.1) is 24.5 Å². The first-order valence-electron chi connectivity index (χ1n) is 18.6. The molecule has 262 valence electrons. The third-order valence-electron chi connectivity index (χ3n) is 11.3. The van der Waals surface area contributed by atoms with Crippen LogP contribution in [0.3, 0.4) is 0 Å². The summed E-state index contributed by atoms with van der Waals surface area (Å²) in [6.07, 6.45) is 0. The summed E-state index contributed by atoms with van der Waals surface area (Å²) in [6, 6.07) is 60.3. The van der Waals surface area contributed by atoms with Gasteiger partial charge in [0, 0.05) is 44.0 Å². The van der Waals surface area contributed by atoms with Crippen molar-refractivity contribution in [2.75, 3.05) is 0 Å². The highest BCUT2D eigenvalue weighted by Crippen LogP contribution is 2.41. The van der Waals surface area contributed by atoms with Crippen LogP contribution in [-0.4, -0.2) is 13.7 Å². The zero-order valence-electron chi connectivity index (χ0n) is 30.3. The lowest BCUT2D eigenvalue weighted by molar-refractivity contribution is 1.15. The molecule has 6 heteroatoms. The standard InChI is InChI=1S/C51H28N6/c1-53-33-19-26-50-44(28-33)41-14-6-10-18-49(41)55(50)34-20-23-37(32(27-34)31-52)43-29-35(22-25-45(43)54-2)57-48-17-9-5-13-40(48)42-24-21-36(30-51(42)57)56-46-15-7-3-11-38(46)39-12-4-8-16-47(39)56/h3-30H. The second kappa shape index (κ2) is 12.3. The molecule has 6 nitrogen and oxygen atoms in total. The molecular weight excluding hydrogens is 697 g/mol. The highest BCUT2D eigenvalue weighted by atomic mass is 15.0. The van der Waals surface area contributed by atoms with Crippen LogP contribution in [0.5, 0.6) is 0 Å². The van der Waals surface area contributed by atoms with Crippen molar-refractivity contribution in [3.8, 4) is 34.3 Å². The van der Waals surface area contributed by atoms with Gasteiger partial charge in [0.05, 0.1) is 57.9 Å². The summed E-state index contributed by atoms with van der Waals surface area (Å²) in [4.78, 5) is 7.61. The van der Waals surface area contributed by atoms with E-state index in [0.717, 1.165) is 71.7 Å². The summed E-state index contributed by atoms with van der Waals surface area (Å²) in [5, 5.41) is 17.4. The average Bonchev–Trinajstić information content (AvgIpc) is 3.91. The van der Waals surface area contributed by atoms with E-state index in [9.17, 15) is 5.26 Å². The zero-order chi connectivity index (χ0) is 38.2. The first-order chi connectivity index (χ1) is 28.1. The number of rotatable bonds is 4. The van der Waals surface area contributed by atoms with Crippen LogP contribution in [0.4, 0.5) is 11.4 Å². The number of benzene rings is 8. The lowest BCUT2D eigenvalue weighted by Crippen LogP contribution is -1.98. The smallest absolute Gasteiger partial charge is 0.195 e. The number of hydrogen-bond acceptors (Lipinski definition) is 1. The molecule has 0 amide bonds. The molecule has 8 aromatic carbocycles. The van der Waals surface area contributed by atoms with E-state index in [1.807, 2.05) is 60.7 Å². The van der Waals surface area contributed by atoms with Crippen LogP contribution in [0.1, 0.15) is 5.56 Å². The summed E-state index contributed by atoms with van der Waals surface area (Å²) in [5.74, 6) is 0. The molecule has 57 heavy (non-hydrogen) atoms. The van der Waals surface area contributed by atoms with Gasteiger partial charge in [0.1, 0.15) is 0 Å². The number of fused-ring (bicyclic) bond motifs is 9. The quantitative estimate of drug-likeness (QED) is 0.167. The molecule has 0 radical (unpaired) electrons. The van der Waals surface area contributed by atoms with Crippen molar-refractivity contribution >= 4 is 76.8 Å². The van der Waals surface area contributed by atoms with Gasteiger partial charge in [0.2, 0.25) is 0 Å². The Balaban J connectivity index is 1.11. The number of aromatic nitrogens is 3. The fourth-order valence-corrected chi connectivity index (χ4v) is 8.86. The second-order valence-corrected chi connectivity index (χ2v) is 14.2. The summed E-state index contributed by atoms with van der Waals surface area (Å²) in [6.45, 7) is 15.8. The van der Waals surface area contributed by atoms with Crippen molar-refractivity contribution in [1.82, 2.24) is 13.7 Å². The van der Waals surface area contributed by atoms with E-state index in [1.165, 1.54) is 10.8 Å². The molecular formula is C51H28N6. The molecule has 0 unspecified atom stereocenters. The Kier molecular flexibility index (Phi) is 6.95. The largest absolute Gasteiger partial charge is 0.309 e. The summed E-state index contributed by atoms with van der Waals surface area (Å²) in [7, 11) is 0. The molecule has 0 spiro atoms. The van der Waals surface area contributed by atoms with Gasteiger partial charge in [-0.15, -0.1) is 0 Å². The van der Waals surface area contributed by atoms with Gasteiger partial charge < -0.3 is 13.7 Å². The predicted molar refractivity (Wildman–Crippen MR) is 232 cm³/mol. The Morgan fingerprint density at radius 2 is 0.860 bits per heavy atom. The van der Waals surface area contributed by atoms with E-state index in [-0.39, 0.29) is 0 Å². The van der Waals surface area contributed by atoms with Gasteiger partial charge in [-0.3, -0.25) is 0 Å². The first-order valence-corrected chi connectivity index (χ1v) is 18.6. The van der Waals surface area contributed by atoms with Gasteiger partial charge in [0.15, 0.2) is 11.4 Å². The Hall–Kier alpha value is -8.37. The summed E-state index contributed by atoms with van der Waals surface area (Å²) >= 11 is 0. The van der Waals surface area contributed by atoms with Crippen LogP contribution >= 0.6 is 0 Å². The minimum absolute atomic E-state index is 0.467. The van der Waals surface area contributed by atoms with E-state index >= 15 is 0 Å². The maximum atomic E-state index is 10.7. The van der Waals surface area contributed by atoms with Crippen molar-refractivity contribution in [3.05, 3.63) is 198 Å². The van der Waals surface area contributed by atoms with Gasteiger partial charge in [-0.25, -0.2) is 9.69 Å². The molecule has 0 aliphatic rings. The van der Waals surface area contributed by atoms with E-state index in [1.54, 1.807) is 0 Å². The Bertz CT molecular complexity index is 3580. The number of hydrogen-bond donors (Lipinski definition) is 0. The van der Waals surface area contributed by atoms with Gasteiger partial charge in [-0.05, 0) is 89.3 Å². The molecule has 0 N–H and O–H groups in total. The fourth-order valence-electron chi connectivity index (χ4n) is 8.86. The topological polar surface area (TPSA) is 47.3 Å². The molecule has 11 rings (SSSR count). The number of para-hydroxylation sites is 4. The molecule has 0 atom stereocenters. The first kappa shape index (κ1) is 32.1. The fraction of sp³-hybridized carbons (Fsp3) is 0. The van der Waals surface area contributed by atoms with Crippen molar-refractivity contribution in [2.24, 2.45) is 0 Å². The molecule has 0 aliphatic heterocycles. The Morgan fingerprint density at radius 1 is 0.386 bits per heavy atom. The van der Waals surface area contributed by atoms with Crippen molar-refractivity contribution < 1.29 is 0 Å². The average molecular weight is 725 g/mol. The molecule has 0 aliphatic carbocycles. The maximum absolute atomic E-state index is 10.7. The third-order valence-corrected chi connectivity index (χ3v) is 11.3. The molecule has 0 bridgehead atoms. The van der Waals surface area contributed by atoms with Crippen LogP contribution in [-0.2, 0) is 0 Å². The van der Waals surface area contributed by atoms with Gasteiger partial charge in [-0.1, -0.05) is 97.1 Å². The van der Waals surface area contributed by atoms with Gasteiger partial charge in [-0.2, -0.15) is 5.26 Å². The number of nitriles is 1. The minimum atomic E-state index is 0.467. The second-order valence-electron chi connectivity index (χ2n) is 14.2. The Labute approximate surface area is 327 Å². The lowest BCUT2D eigenvalue weighted by atomic mass is 9.97. The maximum Gasteiger partial charge on any atom is 0.195 e. The number of nitrogens with zero attached hydrogens (tertiary/aromatic N) is 6. The van der Waals surface area contributed by atoms with Crippen molar-refractivity contribution in [1.29, 1.82) is 5.26 Å². The molecule has 3 heterocycles. The van der Waals surface area contributed by atoms with Gasteiger partial charge in [0.25, 0.3) is 0 Å². The molecule has 0 saturated heterocycles. The predicted octanol–water partition coefficient (Wildman–Crippen LogP) is 13.6. The molecule has 3 aromatic heterocycles. The molecule has 0 saturated carbocycles. The normalized spacial score (nSPS) is 11.5. The van der Waals surface area contributed by atoms with Crippen LogP contribution in [0.15, 0.2) is 170 Å². The van der Waals surface area contributed by atoms with Crippen molar-refractivity contribution in [2.45, 2.75) is 0 Å². The van der Waals surface area contributed by atoms with Crippen LogP contribution in [0.25, 0.3) is 103 Å². The monoisotopic (exact) mass is 724 g/mol. The van der Waals surface area contributed by atoms with Crippen molar-refractivity contribution in [3.63, 3.8) is 0 Å². The molecule has 11 aromatic rings. The lowest BCUT2D eigenvalue weighted by Gasteiger charge is -2.15.